The predicted molar refractivity (Wildman–Crippen MR) is 78.1 cm³/mol. The number of hydrogen-bond donors (Lipinski definition) is 1. The number of nitrogens with two attached hydrogens (primary N) is 1. The molecule has 1 fully saturated rings. The van der Waals surface area contributed by atoms with Gasteiger partial charge in [-0.3, -0.25) is 4.79 Å². The Labute approximate surface area is 119 Å². The molecule has 1 aromatic rings. The van der Waals surface area contributed by atoms with Crippen molar-refractivity contribution in [1.82, 2.24) is 4.90 Å². The third kappa shape index (κ3) is 3.12. The Hall–Kier alpha value is -1.56. The van der Waals surface area contributed by atoms with Crippen LogP contribution in [0.15, 0.2) is 23.1 Å². The maximum atomic E-state index is 12.3. The molecule has 0 heterocycles. The number of nitrogen functional groups attached to an aromatic ring is 1. The standard InChI is InChI=1S/C14H20N2O3S/c1-3-16(12-5-6-12)14(17)9-20(18,19)13-7-4-11(15)8-10(13)2/h4,7-8,12H,3,5-6,9,15H2,1-2H3. The maximum Gasteiger partial charge on any atom is 0.238 e. The van der Waals surface area contributed by atoms with Gasteiger partial charge in [-0.25, -0.2) is 8.42 Å². The average molecular weight is 296 g/mol. The number of amides is 1. The summed E-state index contributed by atoms with van der Waals surface area (Å²) in [4.78, 5) is 14.0. The first kappa shape index (κ1) is 14.8. The smallest absolute Gasteiger partial charge is 0.238 e. The number of benzene rings is 1. The van der Waals surface area contributed by atoms with E-state index in [0.717, 1.165) is 12.8 Å². The molecule has 6 heteroatoms. The fraction of sp³-hybridized carbons (Fsp3) is 0.500. The molecular weight excluding hydrogens is 276 g/mol. The third-order valence-electron chi connectivity index (χ3n) is 3.50. The molecule has 0 radical (unpaired) electrons. The lowest BCUT2D eigenvalue weighted by Crippen LogP contribution is -2.37. The molecule has 1 aliphatic rings. The molecule has 5 nitrogen and oxygen atoms in total. The van der Waals surface area contributed by atoms with Crippen molar-refractivity contribution in [3.63, 3.8) is 0 Å². The van der Waals surface area contributed by atoms with E-state index in [2.05, 4.69) is 0 Å². The quantitative estimate of drug-likeness (QED) is 0.832. The summed E-state index contributed by atoms with van der Waals surface area (Å²) < 4.78 is 24.7. The number of carbonyl (C=O) groups is 1. The summed E-state index contributed by atoms with van der Waals surface area (Å²) in [6, 6.07) is 4.86. The number of rotatable bonds is 5. The molecule has 1 saturated carbocycles. The Kier molecular flexibility index (Phi) is 4.04. The van der Waals surface area contributed by atoms with Gasteiger partial charge in [0.05, 0.1) is 4.90 Å². The second-order valence-corrected chi connectivity index (χ2v) is 7.15. The molecule has 0 aromatic heterocycles. The minimum absolute atomic E-state index is 0.187. The van der Waals surface area contributed by atoms with Crippen molar-refractivity contribution in [2.24, 2.45) is 0 Å². The Bertz CT molecular complexity index is 621. The van der Waals surface area contributed by atoms with Gasteiger partial charge in [-0.05, 0) is 50.5 Å². The minimum Gasteiger partial charge on any atom is -0.399 e. The summed E-state index contributed by atoms with van der Waals surface area (Å²) in [6.45, 7) is 4.11. The Morgan fingerprint density at radius 2 is 2.05 bits per heavy atom. The van der Waals surface area contributed by atoms with Gasteiger partial charge in [0.1, 0.15) is 5.75 Å². The topological polar surface area (TPSA) is 80.5 Å². The summed E-state index contributed by atoms with van der Waals surface area (Å²) in [5.41, 5.74) is 6.71. The van der Waals surface area contributed by atoms with E-state index in [1.165, 1.54) is 6.07 Å². The molecule has 0 unspecified atom stereocenters. The first-order chi connectivity index (χ1) is 9.35. The normalized spacial score (nSPS) is 15.1. The lowest BCUT2D eigenvalue weighted by Gasteiger charge is -2.20. The fourth-order valence-corrected chi connectivity index (χ4v) is 3.84. The van der Waals surface area contributed by atoms with E-state index >= 15 is 0 Å². The Balaban J connectivity index is 2.20. The van der Waals surface area contributed by atoms with Gasteiger partial charge in [-0.1, -0.05) is 0 Å². The molecule has 0 saturated heterocycles. The summed E-state index contributed by atoms with van der Waals surface area (Å²) in [6.07, 6.45) is 1.95. The highest BCUT2D eigenvalue weighted by Gasteiger charge is 2.33. The van der Waals surface area contributed by atoms with Gasteiger partial charge in [-0.15, -0.1) is 0 Å². The van der Waals surface area contributed by atoms with E-state index in [0.29, 0.717) is 17.8 Å². The van der Waals surface area contributed by atoms with Gasteiger partial charge in [0.15, 0.2) is 9.84 Å². The van der Waals surface area contributed by atoms with Crippen molar-refractivity contribution in [3.05, 3.63) is 23.8 Å². The summed E-state index contributed by atoms with van der Waals surface area (Å²) in [5, 5.41) is 0. The molecule has 1 aliphatic carbocycles. The average Bonchev–Trinajstić information content (AvgIpc) is 3.12. The van der Waals surface area contributed by atoms with E-state index in [-0.39, 0.29) is 16.8 Å². The van der Waals surface area contributed by atoms with Crippen LogP contribution < -0.4 is 5.73 Å². The van der Waals surface area contributed by atoms with Gasteiger partial charge in [-0.2, -0.15) is 0 Å². The molecule has 110 valence electrons. The van der Waals surface area contributed by atoms with E-state index in [9.17, 15) is 13.2 Å². The van der Waals surface area contributed by atoms with E-state index in [4.69, 9.17) is 5.73 Å². The van der Waals surface area contributed by atoms with Crippen LogP contribution in [0.3, 0.4) is 0 Å². The second kappa shape index (κ2) is 5.44. The maximum absolute atomic E-state index is 12.3. The Morgan fingerprint density at radius 3 is 2.55 bits per heavy atom. The molecule has 0 bridgehead atoms. The lowest BCUT2D eigenvalue weighted by molar-refractivity contribution is -0.128. The third-order valence-corrected chi connectivity index (χ3v) is 5.25. The molecule has 0 spiro atoms. The Morgan fingerprint density at radius 1 is 1.40 bits per heavy atom. The van der Waals surface area contributed by atoms with Crippen LogP contribution in [0.25, 0.3) is 0 Å². The number of hydrogen-bond acceptors (Lipinski definition) is 4. The number of nitrogens with zero attached hydrogens (tertiary/aromatic N) is 1. The number of sulfone groups is 1. The van der Waals surface area contributed by atoms with Crippen LogP contribution in [0.5, 0.6) is 0 Å². The predicted octanol–water partition coefficient (Wildman–Crippen LogP) is 1.36. The summed E-state index contributed by atoms with van der Waals surface area (Å²) >= 11 is 0. The van der Waals surface area contributed by atoms with Crippen molar-refractivity contribution < 1.29 is 13.2 Å². The van der Waals surface area contributed by atoms with Crippen molar-refractivity contribution in [2.45, 2.75) is 37.6 Å². The fourth-order valence-electron chi connectivity index (χ4n) is 2.37. The van der Waals surface area contributed by atoms with E-state index in [1.807, 2.05) is 6.92 Å². The van der Waals surface area contributed by atoms with Crippen molar-refractivity contribution in [2.75, 3.05) is 18.0 Å². The molecule has 1 aromatic carbocycles. The van der Waals surface area contributed by atoms with Gasteiger partial charge in [0.25, 0.3) is 0 Å². The van der Waals surface area contributed by atoms with Gasteiger partial charge >= 0.3 is 0 Å². The zero-order valence-electron chi connectivity index (χ0n) is 11.8. The van der Waals surface area contributed by atoms with Crippen LogP contribution in [0, 0.1) is 6.92 Å². The second-order valence-electron chi connectivity index (χ2n) is 5.19. The van der Waals surface area contributed by atoms with Crippen LogP contribution in [0.4, 0.5) is 5.69 Å². The molecule has 0 atom stereocenters. The highest BCUT2D eigenvalue weighted by atomic mass is 32.2. The number of aryl methyl sites for hydroxylation is 1. The van der Waals surface area contributed by atoms with Crippen LogP contribution in [-0.4, -0.2) is 37.6 Å². The zero-order chi connectivity index (χ0) is 14.9. The summed E-state index contributed by atoms with van der Waals surface area (Å²) in [7, 11) is -3.61. The summed E-state index contributed by atoms with van der Waals surface area (Å²) in [5.74, 6) is -0.784. The van der Waals surface area contributed by atoms with E-state index < -0.39 is 15.6 Å². The molecule has 2 N–H and O–H groups in total. The van der Waals surface area contributed by atoms with Gasteiger partial charge in [0, 0.05) is 18.3 Å². The monoisotopic (exact) mass is 296 g/mol. The SMILES string of the molecule is CCN(C(=O)CS(=O)(=O)c1ccc(N)cc1C)C1CC1. The van der Waals surface area contributed by atoms with E-state index in [1.54, 1.807) is 24.0 Å². The first-order valence-electron chi connectivity index (χ1n) is 6.73. The van der Waals surface area contributed by atoms with Crippen LogP contribution >= 0.6 is 0 Å². The van der Waals surface area contributed by atoms with Gasteiger partial charge < -0.3 is 10.6 Å². The van der Waals surface area contributed by atoms with Crippen molar-refractivity contribution in [1.29, 1.82) is 0 Å². The largest absolute Gasteiger partial charge is 0.399 e. The lowest BCUT2D eigenvalue weighted by atomic mass is 10.2. The van der Waals surface area contributed by atoms with Crippen molar-refractivity contribution >= 4 is 21.4 Å². The molecule has 20 heavy (non-hydrogen) atoms. The van der Waals surface area contributed by atoms with Gasteiger partial charge in [0.2, 0.25) is 5.91 Å². The van der Waals surface area contributed by atoms with Crippen LogP contribution in [-0.2, 0) is 14.6 Å². The highest BCUT2D eigenvalue weighted by molar-refractivity contribution is 7.92. The molecule has 2 rings (SSSR count). The highest BCUT2D eigenvalue weighted by Crippen LogP contribution is 2.27. The van der Waals surface area contributed by atoms with Crippen LogP contribution in [0.1, 0.15) is 25.3 Å². The van der Waals surface area contributed by atoms with Crippen LogP contribution in [0.2, 0.25) is 0 Å². The van der Waals surface area contributed by atoms with Crippen molar-refractivity contribution in [3.8, 4) is 0 Å². The zero-order valence-corrected chi connectivity index (χ0v) is 12.6. The molecule has 1 amide bonds. The first-order valence-corrected chi connectivity index (χ1v) is 8.38. The molecule has 0 aliphatic heterocycles. The number of anilines is 1. The number of carbonyl (C=O) groups excluding carboxylic acids is 1. The minimum atomic E-state index is -3.61. The molecular formula is C14H20N2O3S.